The van der Waals surface area contributed by atoms with Crippen molar-refractivity contribution >= 4 is 40.0 Å². The van der Waals surface area contributed by atoms with Crippen molar-refractivity contribution in [3.8, 4) is 6.07 Å². The third-order valence-corrected chi connectivity index (χ3v) is 4.56. The molecule has 2 heterocycles. The lowest BCUT2D eigenvalue weighted by atomic mass is 10.0. The number of rotatable bonds is 3. The van der Waals surface area contributed by atoms with Crippen molar-refractivity contribution in [2.75, 3.05) is 6.26 Å². The Labute approximate surface area is 148 Å². The molecule has 1 N–H and O–H groups in total. The highest BCUT2D eigenvalue weighted by molar-refractivity contribution is 7.98. The Hall–Kier alpha value is -2.49. The number of benzene rings is 1. The van der Waals surface area contributed by atoms with Gasteiger partial charge in [0.1, 0.15) is 16.9 Å². The molecule has 0 aliphatic rings. The molecule has 0 saturated heterocycles. The summed E-state index contributed by atoms with van der Waals surface area (Å²) in [4.78, 5) is 4.19. The number of nitrogens with zero attached hydrogens (tertiary/aromatic N) is 4. The van der Waals surface area contributed by atoms with Crippen molar-refractivity contribution in [1.82, 2.24) is 9.55 Å². The van der Waals surface area contributed by atoms with Crippen molar-refractivity contribution in [2.45, 2.75) is 5.03 Å². The minimum Gasteiger partial charge on any atom is -0.410 e. The summed E-state index contributed by atoms with van der Waals surface area (Å²) in [6.45, 7) is 0. The fraction of sp³-hybridized carbons (Fsp3) is 0.118. The molecule has 1 aromatic carbocycles. The molecule has 0 radical (unpaired) electrons. The minimum atomic E-state index is 0.330. The molecule has 3 aromatic rings. The van der Waals surface area contributed by atoms with E-state index in [0.717, 1.165) is 15.9 Å². The van der Waals surface area contributed by atoms with Crippen LogP contribution in [0.3, 0.4) is 0 Å². The number of halogens is 1. The topological polar surface area (TPSA) is 74.2 Å². The van der Waals surface area contributed by atoms with Gasteiger partial charge < -0.3 is 9.77 Å². The lowest BCUT2D eigenvalue weighted by Crippen LogP contribution is -2.04. The van der Waals surface area contributed by atoms with E-state index in [9.17, 15) is 10.5 Å². The Balaban J connectivity index is 2.17. The maximum Gasteiger partial charge on any atom is 0.131 e. The maximum absolute atomic E-state index is 9.54. The van der Waals surface area contributed by atoms with E-state index in [1.807, 2.05) is 42.1 Å². The fourth-order valence-corrected chi connectivity index (χ4v) is 3.32. The zero-order valence-corrected chi connectivity index (χ0v) is 14.6. The van der Waals surface area contributed by atoms with E-state index in [2.05, 4.69) is 16.2 Å². The number of nitriles is 1. The molecule has 0 amide bonds. The van der Waals surface area contributed by atoms with Crippen LogP contribution in [0.2, 0.25) is 5.15 Å². The molecule has 0 aliphatic carbocycles. The van der Waals surface area contributed by atoms with Crippen molar-refractivity contribution in [3.05, 3.63) is 58.4 Å². The van der Waals surface area contributed by atoms with E-state index in [1.165, 1.54) is 11.8 Å². The van der Waals surface area contributed by atoms with E-state index in [1.54, 1.807) is 12.3 Å². The van der Waals surface area contributed by atoms with Gasteiger partial charge in [-0.1, -0.05) is 22.8 Å². The molecular weight excluding hydrogens is 344 g/mol. The second kappa shape index (κ2) is 6.56. The van der Waals surface area contributed by atoms with E-state index in [0.29, 0.717) is 27.6 Å². The molecule has 120 valence electrons. The smallest absolute Gasteiger partial charge is 0.131 e. The molecule has 0 fully saturated rings. The van der Waals surface area contributed by atoms with Gasteiger partial charge in [-0.2, -0.15) is 5.26 Å². The molecule has 24 heavy (non-hydrogen) atoms. The normalized spacial score (nSPS) is 11.7. The van der Waals surface area contributed by atoms with Gasteiger partial charge in [0.15, 0.2) is 0 Å². The molecule has 2 aromatic heterocycles. The highest BCUT2D eigenvalue weighted by Gasteiger charge is 2.14. The standard InChI is InChI=1S/C17H13ClN4OS/c1-22-9-12(8-19)13-5-10(3-4-14(13)22)17(21-23)11-6-15(18)20-16(7-11)24-2/h3-7,9,23H,1-2H3/b21-17-. The van der Waals surface area contributed by atoms with Crippen molar-refractivity contribution in [2.24, 2.45) is 12.2 Å². The average Bonchev–Trinajstić information content (AvgIpc) is 2.91. The SMILES string of the molecule is CSc1cc(/C(=N\O)c2ccc3c(c2)c(C#N)cn3C)cc(Cl)n1. The summed E-state index contributed by atoms with van der Waals surface area (Å²) in [7, 11) is 1.89. The Bertz CT molecular complexity index is 1000. The van der Waals surface area contributed by atoms with Crippen LogP contribution < -0.4 is 0 Å². The van der Waals surface area contributed by atoms with Crippen LogP contribution in [0.4, 0.5) is 0 Å². The summed E-state index contributed by atoms with van der Waals surface area (Å²) in [5.74, 6) is 0. The van der Waals surface area contributed by atoms with E-state index < -0.39 is 0 Å². The Morgan fingerprint density at radius 3 is 2.79 bits per heavy atom. The molecule has 0 spiro atoms. The summed E-state index contributed by atoms with van der Waals surface area (Å²) in [5.41, 5.74) is 3.25. The summed E-state index contributed by atoms with van der Waals surface area (Å²) in [5, 5.41) is 24.1. The lowest BCUT2D eigenvalue weighted by molar-refractivity contribution is 0.319. The summed E-state index contributed by atoms with van der Waals surface area (Å²) in [6.07, 6.45) is 3.67. The van der Waals surface area contributed by atoms with Gasteiger partial charge >= 0.3 is 0 Å². The minimum absolute atomic E-state index is 0.330. The van der Waals surface area contributed by atoms with Crippen LogP contribution >= 0.6 is 23.4 Å². The maximum atomic E-state index is 9.54. The van der Waals surface area contributed by atoms with Crippen LogP contribution in [0.15, 0.2) is 46.7 Å². The first-order valence-corrected chi connectivity index (χ1v) is 8.61. The van der Waals surface area contributed by atoms with Crippen LogP contribution in [0, 0.1) is 11.3 Å². The van der Waals surface area contributed by atoms with Crippen LogP contribution in [0.5, 0.6) is 0 Å². The number of hydrogen-bond acceptors (Lipinski definition) is 5. The van der Waals surface area contributed by atoms with Gasteiger partial charge in [-0.05, 0) is 30.5 Å². The number of aryl methyl sites for hydroxylation is 1. The molecule has 0 saturated carbocycles. The summed E-state index contributed by atoms with van der Waals surface area (Å²) < 4.78 is 1.89. The van der Waals surface area contributed by atoms with Crippen LogP contribution in [-0.2, 0) is 7.05 Å². The monoisotopic (exact) mass is 356 g/mol. The third-order valence-electron chi connectivity index (χ3n) is 3.74. The van der Waals surface area contributed by atoms with Crippen LogP contribution in [0.1, 0.15) is 16.7 Å². The highest BCUT2D eigenvalue weighted by atomic mass is 35.5. The van der Waals surface area contributed by atoms with Crippen LogP contribution in [-0.4, -0.2) is 26.7 Å². The van der Waals surface area contributed by atoms with Gasteiger partial charge in [-0.15, -0.1) is 11.8 Å². The van der Waals surface area contributed by atoms with E-state index in [4.69, 9.17) is 11.6 Å². The highest BCUT2D eigenvalue weighted by Crippen LogP contribution is 2.25. The Morgan fingerprint density at radius 2 is 2.12 bits per heavy atom. The zero-order chi connectivity index (χ0) is 17.3. The lowest BCUT2D eigenvalue weighted by Gasteiger charge is -2.08. The molecule has 0 atom stereocenters. The van der Waals surface area contributed by atoms with Crippen molar-refractivity contribution < 1.29 is 5.21 Å². The molecular formula is C17H13ClN4OS. The molecule has 0 aliphatic heterocycles. The molecule has 0 bridgehead atoms. The average molecular weight is 357 g/mol. The number of hydrogen-bond donors (Lipinski definition) is 1. The predicted molar refractivity (Wildman–Crippen MR) is 96.1 cm³/mol. The van der Waals surface area contributed by atoms with Crippen LogP contribution in [0.25, 0.3) is 10.9 Å². The predicted octanol–water partition coefficient (Wildman–Crippen LogP) is 4.05. The van der Waals surface area contributed by atoms with Gasteiger partial charge in [0, 0.05) is 35.3 Å². The Morgan fingerprint density at radius 1 is 1.33 bits per heavy atom. The largest absolute Gasteiger partial charge is 0.410 e. The van der Waals surface area contributed by atoms with Gasteiger partial charge in [0.2, 0.25) is 0 Å². The fourth-order valence-electron chi connectivity index (χ4n) is 2.62. The number of fused-ring (bicyclic) bond motifs is 1. The molecule has 0 unspecified atom stereocenters. The molecule has 3 rings (SSSR count). The van der Waals surface area contributed by atoms with Crippen molar-refractivity contribution in [1.29, 1.82) is 5.26 Å². The van der Waals surface area contributed by atoms with Gasteiger partial charge in [-0.3, -0.25) is 0 Å². The number of thioether (sulfide) groups is 1. The first kappa shape index (κ1) is 16.4. The number of pyridine rings is 1. The summed E-state index contributed by atoms with van der Waals surface area (Å²) >= 11 is 7.51. The van der Waals surface area contributed by atoms with E-state index >= 15 is 0 Å². The number of aromatic nitrogens is 2. The van der Waals surface area contributed by atoms with Gasteiger partial charge in [0.25, 0.3) is 0 Å². The number of oxime groups is 1. The van der Waals surface area contributed by atoms with Gasteiger partial charge in [0.05, 0.1) is 10.6 Å². The van der Waals surface area contributed by atoms with Gasteiger partial charge in [-0.25, -0.2) is 4.98 Å². The summed E-state index contributed by atoms with van der Waals surface area (Å²) in [6, 6.07) is 11.2. The third kappa shape index (κ3) is 2.84. The quantitative estimate of drug-likeness (QED) is 0.252. The second-order valence-electron chi connectivity index (χ2n) is 5.17. The molecule has 5 nitrogen and oxygen atoms in total. The van der Waals surface area contributed by atoms with E-state index in [-0.39, 0.29) is 0 Å². The molecule has 7 heteroatoms. The first-order valence-electron chi connectivity index (χ1n) is 7.01. The van der Waals surface area contributed by atoms with Crippen molar-refractivity contribution in [3.63, 3.8) is 0 Å². The second-order valence-corrected chi connectivity index (χ2v) is 6.38. The zero-order valence-electron chi connectivity index (χ0n) is 13.0. The first-order chi connectivity index (χ1) is 11.6. The Kier molecular flexibility index (Phi) is 4.47.